The predicted molar refractivity (Wildman–Crippen MR) is 84.0 cm³/mol. The maximum atomic E-state index is 13.7. The molecule has 7 heteroatoms. The van der Waals surface area contributed by atoms with Gasteiger partial charge in [-0.1, -0.05) is 6.07 Å². The number of hydrogen-bond donors (Lipinski definition) is 1. The van der Waals surface area contributed by atoms with Crippen LogP contribution in [0.15, 0.2) is 30.6 Å². The summed E-state index contributed by atoms with van der Waals surface area (Å²) in [5, 5.41) is 8.83. The predicted octanol–water partition coefficient (Wildman–Crippen LogP) is 2.91. The van der Waals surface area contributed by atoms with Crippen LogP contribution in [0.5, 0.6) is 0 Å². The van der Waals surface area contributed by atoms with Gasteiger partial charge in [-0.15, -0.1) is 0 Å². The molecule has 1 aromatic carbocycles. The van der Waals surface area contributed by atoms with Crippen LogP contribution in [0.25, 0.3) is 0 Å². The summed E-state index contributed by atoms with van der Waals surface area (Å²) in [5.74, 6) is -1.27. The van der Waals surface area contributed by atoms with Gasteiger partial charge in [0.05, 0.1) is 12.4 Å². The molecule has 3 rings (SSSR count). The number of anilines is 1. The number of halogens is 2. The molecule has 1 aromatic heterocycles. The van der Waals surface area contributed by atoms with Gasteiger partial charge in [0.2, 0.25) is 0 Å². The highest BCUT2D eigenvalue weighted by atomic mass is 19.1. The number of aromatic carboxylic acids is 1. The van der Waals surface area contributed by atoms with Crippen molar-refractivity contribution in [2.45, 2.75) is 19.3 Å². The Kier molecular flexibility index (Phi) is 4.69. The van der Waals surface area contributed by atoms with Crippen molar-refractivity contribution in [2.24, 2.45) is 5.92 Å². The van der Waals surface area contributed by atoms with Crippen molar-refractivity contribution in [2.75, 3.05) is 18.0 Å². The van der Waals surface area contributed by atoms with E-state index in [1.165, 1.54) is 30.6 Å². The number of carboxylic acid groups (broad SMARTS) is 1. The molecule has 0 bridgehead atoms. The molecule has 0 radical (unpaired) electrons. The van der Waals surface area contributed by atoms with Crippen molar-refractivity contribution >= 4 is 11.8 Å². The minimum absolute atomic E-state index is 0.0938. The van der Waals surface area contributed by atoms with E-state index in [1.807, 2.05) is 4.90 Å². The monoisotopic (exact) mass is 333 g/mol. The SMILES string of the molecule is O=C(O)c1cnc(N2CCC(Cc3c(F)cccc3F)CC2)cn1. The summed E-state index contributed by atoms with van der Waals surface area (Å²) in [5.41, 5.74) is 0.0604. The molecule has 0 unspecified atom stereocenters. The van der Waals surface area contributed by atoms with Gasteiger partial charge < -0.3 is 10.0 Å². The lowest BCUT2D eigenvalue weighted by atomic mass is 9.90. The third-order valence-corrected chi connectivity index (χ3v) is 4.35. The fraction of sp³-hybridized carbons (Fsp3) is 0.353. The molecule has 1 saturated heterocycles. The number of rotatable bonds is 4. The summed E-state index contributed by atoms with van der Waals surface area (Å²) in [4.78, 5) is 20.8. The van der Waals surface area contributed by atoms with Crippen molar-refractivity contribution < 1.29 is 18.7 Å². The van der Waals surface area contributed by atoms with E-state index >= 15 is 0 Å². The highest BCUT2D eigenvalue weighted by Crippen LogP contribution is 2.26. The second kappa shape index (κ2) is 6.90. The Hall–Kier alpha value is -2.57. The van der Waals surface area contributed by atoms with Crippen molar-refractivity contribution in [3.63, 3.8) is 0 Å². The summed E-state index contributed by atoms with van der Waals surface area (Å²) >= 11 is 0. The van der Waals surface area contributed by atoms with Gasteiger partial charge in [-0.3, -0.25) is 0 Å². The molecule has 0 amide bonds. The fourth-order valence-corrected chi connectivity index (χ4v) is 2.98. The number of piperidine rings is 1. The molecular weight excluding hydrogens is 316 g/mol. The van der Waals surface area contributed by atoms with Crippen LogP contribution >= 0.6 is 0 Å². The number of hydrogen-bond acceptors (Lipinski definition) is 4. The van der Waals surface area contributed by atoms with Crippen LogP contribution in [0.4, 0.5) is 14.6 Å². The van der Waals surface area contributed by atoms with Gasteiger partial charge >= 0.3 is 5.97 Å². The zero-order valence-corrected chi connectivity index (χ0v) is 13.0. The van der Waals surface area contributed by atoms with E-state index in [9.17, 15) is 13.6 Å². The Balaban J connectivity index is 1.60. The van der Waals surface area contributed by atoms with Crippen LogP contribution in [0.2, 0.25) is 0 Å². The topological polar surface area (TPSA) is 66.3 Å². The first-order valence-corrected chi connectivity index (χ1v) is 7.78. The van der Waals surface area contributed by atoms with Crippen molar-refractivity contribution in [3.8, 4) is 0 Å². The molecule has 2 heterocycles. The molecule has 1 aliphatic heterocycles. The Morgan fingerprint density at radius 2 is 1.83 bits per heavy atom. The van der Waals surface area contributed by atoms with Crippen LogP contribution in [0, 0.1) is 17.6 Å². The highest BCUT2D eigenvalue weighted by Gasteiger charge is 2.23. The first kappa shape index (κ1) is 16.3. The van der Waals surface area contributed by atoms with Crippen LogP contribution in [-0.4, -0.2) is 34.1 Å². The lowest BCUT2D eigenvalue weighted by Crippen LogP contribution is -2.35. The lowest BCUT2D eigenvalue weighted by Gasteiger charge is -2.32. The standard InChI is InChI=1S/C17H17F2N3O2/c18-13-2-1-3-14(19)12(13)8-11-4-6-22(7-5-11)16-10-20-15(9-21-16)17(23)24/h1-3,9-11H,4-8H2,(H,23,24). The van der Waals surface area contributed by atoms with Gasteiger partial charge in [0.1, 0.15) is 17.5 Å². The number of carbonyl (C=O) groups is 1. The third kappa shape index (κ3) is 3.50. The first-order valence-electron chi connectivity index (χ1n) is 7.78. The van der Waals surface area contributed by atoms with Crippen molar-refractivity contribution in [1.29, 1.82) is 0 Å². The molecule has 24 heavy (non-hydrogen) atoms. The van der Waals surface area contributed by atoms with Gasteiger partial charge in [-0.05, 0) is 37.3 Å². The maximum absolute atomic E-state index is 13.7. The summed E-state index contributed by atoms with van der Waals surface area (Å²) in [6, 6.07) is 3.94. The Morgan fingerprint density at radius 1 is 1.17 bits per heavy atom. The van der Waals surface area contributed by atoms with Gasteiger partial charge in [0, 0.05) is 18.7 Å². The van der Waals surface area contributed by atoms with Gasteiger partial charge in [0.25, 0.3) is 0 Å². The minimum atomic E-state index is -1.11. The number of aromatic nitrogens is 2. The number of carboxylic acids is 1. The molecule has 0 spiro atoms. The van der Waals surface area contributed by atoms with Gasteiger partial charge in [-0.25, -0.2) is 23.5 Å². The molecule has 0 saturated carbocycles. The van der Waals surface area contributed by atoms with Crippen LogP contribution in [0.3, 0.4) is 0 Å². The quantitative estimate of drug-likeness (QED) is 0.932. The Morgan fingerprint density at radius 3 is 2.38 bits per heavy atom. The van der Waals surface area contributed by atoms with Gasteiger partial charge in [0.15, 0.2) is 5.69 Å². The van der Waals surface area contributed by atoms with Crippen LogP contribution < -0.4 is 4.90 Å². The molecular formula is C17H17F2N3O2. The molecule has 1 aliphatic rings. The molecule has 0 atom stereocenters. The van der Waals surface area contributed by atoms with E-state index in [2.05, 4.69) is 9.97 Å². The van der Waals surface area contributed by atoms with E-state index in [4.69, 9.17) is 5.11 Å². The average molecular weight is 333 g/mol. The minimum Gasteiger partial charge on any atom is -0.476 e. The first-order chi connectivity index (χ1) is 11.5. The average Bonchev–Trinajstić information content (AvgIpc) is 2.59. The van der Waals surface area contributed by atoms with E-state index < -0.39 is 17.6 Å². The molecule has 126 valence electrons. The number of nitrogens with zero attached hydrogens (tertiary/aromatic N) is 3. The molecule has 5 nitrogen and oxygen atoms in total. The number of benzene rings is 1. The van der Waals surface area contributed by atoms with E-state index in [-0.39, 0.29) is 17.2 Å². The van der Waals surface area contributed by atoms with E-state index in [1.54, 1.807) is 0 Å². The highest BCUT2D eigenvalue weighted by molar-refractivity contribution is 5.84. The molecule has 2 aromatic rings. The zero-order valence-electron chi connectivity index (χ0n) is 13.0. The normalized spacial score (nSPS) is 15.5. The van der Waals surface area contributed by atoms with Crippen molar-refractivity contribution in [1.82, 2.24) is 9.97 Å². The van der Waals surface area contributed by atoms with Crippen molar-refractivity contribution in [3.05, 3.63) is 53.5 Å². The molecule has 1 fully saturated rings. The third-order valence-electron chi connectivity index (χ3n) is 4.35. The molecule has 0 aliphatic carbocycles. The zero-order chi connectivity index (χ0) is 17.1. The smallest absolute Gasteiger partial charge is 0.356 e. The van der Waals surface area contributed by atoms with Gasteiger partial charge in [-0.2, -0.15) is 0 Å². The Labute approximate surface area is 138 Å². The van der Waals surface area contributed by atoms with Crippen LogP contribution in [-0.2, 0) is 6.42 Å². The summed E-state index contributed by atoms with van der Waals surface area (Å²) in [7, 11) is 0. The summed E-state index contributed by atoms with van der Waals surface area (Å²) in [6.07, 6.45) is 4.64. The second-order valence-corrected chi connectivity index (χ2v) is 5.90. The summed E-state index contributed by atoms with van der Waals surface area (Å²) < 4.78 is 27.5. The Bertz CT molecular complexity index is 709. The fourth-order valence-electron chi connectivity index (χ4n) is 2.98. The van der Waals surface area contributed by atoms with E-state index in [0.29, 0.717) is 25.3 Å². The summed E-state index contributed by atoms with van der Waals surface area (Å²) in [6.45, 7) is 1.39. The van der Waals surface area contributed by atoms with E-state index in [0.717, 1.165) is 12.8 Å². The molecule has 1 N–H and O–H groups in total. The van der Waals surface area contributed by atoms with Crippen LogP contribution in [0.1, 0.15) is 28.9 Å². The second-order valence-electron chi connectivity index (χ2n) is 5.90. The lowest BCUT2D eigenvalue weighted by molar-refractivity contribution is 0.0690. The largest absolute Gasteiger partial charge is 0.476 e. The maximum Gasteiger partial charge on any atom is 0.356 e.